The van der Waals surface area contributed by atoms with Crippen molar-refractivity contribution in [3.05, 3.63) is 70.9 Å². The van der Waals surface area contributed by atoms with E-state index in [1.54, 1.807) is 55.5 Å². The highest BCUT2D eigenvalue weighted by Gasteiger charge is 2.47. The maximum absolute atomic E-state index is 13.4. The molecular formula is C20H24N4O5S. The van der Waals surface area contributed by atoms with Crippen LogP contribution >= 0.6 is 0 Å². The first-order valence-corrected chi connectivity index (χ1v) is 10.8. The van der Waals surface area contributed by atoms with Gasteiger partial charge in [-0.25, -0.2) is 8.42 Å². The van der Waals surface area contributed by atoms with Crippen molar-refractivity contribution >= 4 is 15.9 Å². The third-order valence-electron chi connectivity index (χ3n) is 4.91. The van der Waals surface area contributed by atoms with Gasteiger partial charge in [-0.3, -0.25) is 4.79 Å². The number of amides is 1. The monoisotopic (exact) mass is 432 g/mol. The van der Waals surface area contributed by atoms with Crippen LogP contribution in [0.5, 0.6) is 0 Å². The molecular weight excluding hydrogens is 408 g/mol. The third-order valence-corrected chi connectivity index (χ3v) is 6.75. The van der Waals surface area contributed by atoms with Crippen molar-refractivity contribution in [3.8, 4) is 0 Å². The van der Waals surface area contributed by atoms with Gasteiger partial charge < -0.3 is 14.9 Å². The molecule has 1 heterocycles. The van der Waals surface area contributed by atoms with Crippen molar-refractivity contribution in [2.75, 3.05) is 20.2 Å². The SMILES string of the molecule is CO/N=[N+](\[O-])CC(=O)N1C(C)CN(S(=O)(=O)c2ccc(C)cc2)C1c1ccccc1. The predicted molar refractivity (Wildman–Crippen MR) is 108 cm³/mol. The maximum Gasteiger partial charge on any atom is 0.294 e. The van der Waals surface area contributed by atoms with Gasteiger partial charge in [0.2, 0.25) is 10.0 Å². The Kier molecular flexibility index (Phi) is 6.37. The molecule has 10 heteroatoms. The summed E-state index contributed by atoms with van der Waals surface area (Å²) in [6.45, 7) is 3.14. The van der Waals surface area contributed by atoms with Crippen molar-refractivity contribution in [1.29, 1.82) is 0 Å². The summed E-state index contributed by atoms with van der Waals surface area (Å²) in [6, 6.07) is 15.0. The van der Waals surface area contributed by atoms with E-state index in [-0.39, 0.29) is 16.3 Å². The molecule has 0 aliphatic carbocycles. The van der Waals surface area contributed by atoms with Gasteiger partial charge in [-0.1, -0.05) is 48.0 Å². The molecule has 1 fully saturated rings. The Bertz CT molecular complexity index is 1020. The smallest absolute Gasteiger partial charge is 0.294 e. The maximum atomic E-state index is 13.4. The number of hydrogen-bond acceptors (Lipinski definition) is 6. The molecule has 0 spiro atoms. The van der Waals surface area contributed by atoms with Crippen LogP contribution in [0.15, 0.2) is 64.8 Å². The first kappa shape index (κ1) is 21.7. The number of nitrogens with zero attached hydrogens (tertiary/aromatic N) is 4. The van der Waals surface area contributed by atoms with E-state index < -0.39 is 34.7 Å². The Morgan fingerprint density at radius 2 is 1.83 bits per heavy atom. The van der Waals surface area contributed by atoms with Crippen LogP contribution in [-0.4, -0.2) is 54.6 Å². The van der Waals surface area contributed by atoms with Gasteiger partial charge in [-0.2, -0.15) is 4.31 Å². The number of benzene rings is 2. The molecule has 0 bridgehead atoms. The lowest BCUT2D eigenvalue weighted by atomic mass is 10.1. The number of hydrogen-bond donors (Lipinski definition) is 0. The molecule has 1 saturated heterocycles. The van der Waals surface area contributed by atoms with Crippen LogP contribution in [0.1, 0.15) is 24.2 Å². The fourth-order valence-corrected chi connectivity index (χ4v) is 5.20. The standard InChI is InChI=1S/C20H24N4O5S/c1-15-9-11-18(12-10-15)30(27,28)22-13-16(2)24(19(25)14-23(26)21-29-3)20(22)17-7-5-4-6-8-17/h4-12,16,20H,13-14H2,1-3H3/b23-21-. The van der Waals surface area contributed by atoms with Gasteiger partial charge in [0.15, 0.2) is 5.28 Å². The Labute approximate surface area is 175 Å². The lowest BCUT2D eigenvalue weighted by Crippen LogP contribution is -2.42. The second kappa shape index (κ2) is 8.80. The largest absolute Gasteiger partial charge is 0.597 e. The van der Waals surface area contributed by atoms with Crippen molar-refractivity contribution in [2.24, 2.45) is 5.28 Å². The third kappa shape index (κ3) is 4.29. The van der Waals surface area contributed by atoms with E-state index in [1.807, 2.05) is 13.0 Å². The number of sulfonamides is 1. The van der Waals surface area contributed by atoms with Crippen LogP contribution in [0.3, 0.4) is 0 Å². The lowest BCUT2D eigenvalue weighted by molar-refractivity contribution is -0.547. The summed E-state index contributed by atoms with van der Waals surface area (Å²) >= 11 is 0. The summed E-state index contributed by atoms with van der Waals surface area (Å²) in [5, 5.41) is 14.9. The normalized spacial score (nSPS) is 20.4. The second-order valence-electron chi connectivity index (χ2n) is 7.10. The number of carbonyl (C=O) groups excluding carboxylic acids is 1. The highest BCUT2D eigenvalue weighted by Crippen LogP contribution is 2.38. The van der Waals surface area contributed by atoms with Crippen LogP contribution in [-0.2, 0) is 19.7 Å². The molecule has 9 nitrogen and oxygen atoms in total. The summed E-state index contributed by atoms with van der Waals surface area (Å²) in [6.07, 6.45) is -0.879. The topological polar surface area (TPSA) is 105 Å². The Balaban J connectivity index is 2.04. The van der Waals surface area contributed by atoms with Crippen molar-refractivity contribution in [3.63, 3.8) is 0 Å². The zero-order chi connectivity index (χ0) is 21.9. The van der Waals surface area contributed by atoms with Crippen molar-refractivity contribution < 1.29 is 22.9 Å². The zero-order valence-electron chi connectivity index (χ0n) is 17.0. The molecule has 0 N–H and O–H groups in total. The molecule has 30 heavy (non-hydrogen) atoms. The van der Waals surface area contributed by atoms with E-state index in [2.05, 4.69) is 10.1 Å². The van der Waals surface area contributed by atoms with Crippen LogP contribution < -0.4 is 0 Å². The Morgan fingerprint density at radius 1 is 1.20 bits per heavy atom. The average molecular weight is 433 g/mol. The quantitative estimate of drug-likeness (QED) is 0.396. The molecule has 2 aromatic carbocycles. The summed E-state index contributed by atoms with van der Waals surface area (Å²) < 4.78 is 28.2. The molecule has 2 unspecified atom stereocenters. The van der Waals surface area contributed by atoms with E-state index in [1.165, 1.54) is 16.3 Å². The number of hydroxylamine groups is 1. The van der Waals surface area contributed by atoms with Crippen LogP contribution in [0.25, 0.3) is 0 Å². The Hall–Kier alpha value is -2.98. The Morgan fingerprint density at radius 3 is 2.43 bits per heavy atom. The minimum atomic E-state index is -3.89. The number of aryl methyl sites for hydroxylation is 1. The van der Waals surface area contributed by atoms with Crippen molar-refractivity contribution in [2.45, 2.75) is 31.0 Å². The molecule has 1 aliphatic rings. The molecule has 0 aromatic heterocycles. The lowest BCUT2D eigenvalue weighted by Gasteiger charge is -2.30. The first-order valence-electron chi connectivity index (χ1n) is 9.39. The second-order valence-corrected chi connectivity index (χ2v) is 8.99. The van der Waals surface area contributed by atoms with Gasteiger partial charge >= 0.3 is 0 Å². The van der Waals surface area contributed by atoms with Gasteiger partial charge in [-0.05, 0) is 36.4 Å². The highest BCUT2D eigenvalue weighted by molar-refractivity contribution is 7.89. The number of rotatable bonds is 6. The fourth-order valence-electron chi connectivity index (χ4n) is 3.55. The van der Waals surface area contributed by atoms with E-state index in [0.29, 0.717) is 5.56 Å². The predicted octanol–water partition coefficient (Wildman–Crippen LogP) is 2.44. The van der Waals surface area contributed by atoms with Gasteiger partial charge in [-0.15, -0.1) is 0 Å². The molecule has 160 valence electrons. The van der Waals surface area contributed by atoms with E-state index >= 15 is 0 Å². The van der Waals surface area contributed by atoms with Crippen molar-refractivity contribution in [1.82, 2.24) is 9.21 Å². The van der Waals surface area contributed by atoms with Gasteiger partial charge in [0.1, 0.15) is 13.3 Å². The van der Waals surface area contributed by atoms with E-state index in [0.717, 1.165) is 5.56 Å². The highest BCUT2D eigenvalue weighted by atomic mass is 32.2. The molecule has 2 aromatic rings. The van der Waals surface area contributed by atoms with Gasteiger partial charge in [0, 0.05) is 12.6 Å². The molecule has 1 aliphatic heterocycles. The fraction of sp³-hybridized carbons (Fsp3) is 0.350. The summed E-state index contributed by atoms with van der Waals surface area (Å²) in [5.41, 5.74) is 1.57. The van der Waals surface area contributed by atoms with Gasteiger partial charge in [0.25, 0.3) is 12.5 Å². The minimum absolute atomic E-state index is 0.0990. The van der Waals surface area contributed by atoms with E-state index in [9.17, 15) is 18.4 Å². The summed E-state index contributed by atoms with van der Waals surface area (Å²) in [4.78, 5) is 19.0. The van der Waals surface area contributed by atoms with Crippen LogP contribution in [0.4, 0.5) is 0 Å². The summed E-state index contributed by atoms with van der Waals surface area (Å²) in [7, 11) is -2.69. The first-order chi connectivity index (χ1) is 14.3. The van der Waals surface area contributed by atoms with Gasteiger partial charge in [0.05, 0.1) is 4.90 Å². The average Bonchev–Trinajstić information content (AvgIpc) is 3.07. The molecule has 3 rings (SSSR count). The van der Waals surface area contributed by atoms with E-state index in [4.69, 9.17) is 0 Å². The molecule has 0 saturated carbocycles. The number of carbonyl (C=O) groups is 1. The molecule has 0 radical (unpaired) electrons. The molecule has 1 amide bonds. The van der Waals surface area contributed by atoms with Crippen LogP contribution in [0.2, 0.25) is 0 Å². The zero-order valence-corrected chi connectivity index (χ0v) is 17.8. The summed E-state index contributed by atoms with van der Waals surface area (Å²) in [5.74, 6) is -0.547. The van der Waals surface area contributed by atoms with Crippen LogP contribution in [0, 0.1) is 12.1 Å². The molecule has 2 atom stereocenters. The minimum Gasteiger partial charge on any atom is -0.597 e.